The van der Waals surface area contributed by atoms with Crippen LogP contribution in [0.3, 0.4) is 0 Å². The lowest BCUT2D eigenvalue weighted by atomic mass is 10.3. The average molecular weight is 281 g/mol. The monoisotopic (exact) mass is 280 g/mol. The molecule has 0 spiro atoms. The molecule has 2 aromatic rings. The van der Waals surface area contributed by atoms with Gasteiger partial charge in [0, 0.05) is 36.6 Å². The normalized spacial score (nSPS) is 10.6. The number of rotatable bonds is 4. The molecule has 0 aliphatic carbocycles. The molecule has 0 aliphatic rings. The molecule has 0 fully saturated rings. The van der Waals surface area contributed by atoms with E-state index >= 15 is 0 Å². The van der Waals surface area contributed by atoms with Gasteiger partial charge in [-0.1, -0.05) is 0 Å². The molecule has 100 valence electrons. The number of hydrogen-bond acceptors (Lipinski definition) is 4. The van der Waals surface area contributed by atoms with E-state index in [4.69, 9.17) is 11.6 Å². The van der Waals surface area contributed by atoms with E-state index in [1.807, 2.05) is 0 Å². The second-order valence-electron chi connectivity index (χ2n) is 4.03. The van der Waals surface area contributed by atoms with Gasteiger partial charge < -0.3 is 0 Å². The van der Waals surface area contributed by atoms with Crippen molar-refractivity contribution in [3.05, 3.63) is 51.2 Å². The standard InChI is InChI=1S/C12H13ClN4O2/c1-9-8-17(10-7-14-4-5-15-10)12(19)16(11(9)18)6-2-3-13/h4-5,7-8H,2-3,6H2,1H3. The quantitative estimate of drug-likeness (QED) is 0.774. The van der Waals surface area contributed by atoms with Gasteiger partial charge in [0.25, 0.3) is 5.56 Å². The Morgan fingerprint density at radius 1 is 1.32 bits per heavy atom. The highest BCUT2D eigenvalue weighted by Crippen LogP contribution is 1.98. The lowest BCUT2D eigenvalue weighted by Gasteiger charge is -2.10. The Labute approximate surface area is 114 Å². The minimum absolute atomic E-state index is 0.295. The first kappa shape index (κ1) is 13.5. The molecular formula is C12H13ClN4O2. The van der Waals surface area contributed by atoms with Crippen LogP contribution in [0.2, 0.25) is 0 Å². The molecule has 0 unspecified atom stereocenters. The Morgan fingerprint density at radius 3 is 2.74 bits per heavy atom. The molecule has 2 rings (SSSR count). The van der Waals surface area contributed by atoms with Gasteiger partial charge in [0.2, 0.25) is 0 Å². The average Bonchev–Trinajstić information content (AvgIpc) is 2.44. The van der Waals surface area contributed by atoms with Crippen molar-refractivity contribution in [2.45, 2.75) is 19.9 Å². The fourth-order valence-electron chi connectivity index (χ4n) is 1.73. The summed E-state index contributed by atoms with van der Waals surface area (Å²) in [6, 6.07) is 0. The third kappa shape index (κ3) is 2.73. The van der Waals surface area contributed by atoms with Gasteiger partial charge in [-0.25, -0.2) is 9.78 Å². The van der Waals surface area contributed by atoms with Crippen LogP contribution in [0.4, 0.5) is 0 Å². The van der Waals surface area contributed by atoms with Crippen molar-refractivity contribution in [3.8, 4) is 5.82 Å². The van der Waals surface area contributed by atoms with Crippen molar-refractivity contribution < 1.29 is 0 Å². The summed E-state index contributed by atoms with van der Waals surface area (Å²) in [4.78, 5) is 32.2. The summed E-state index contributed by atoms with van der Waals surface area (Å²) in [5, 5.41) is 0. The van der Waals surface area contributed by atoms with Gasteiger partial charge in [0.05, 0.1) is 6.20 Å². The Morgan fingerprint density at radius 2 is 2.11 bits per heavy atom. The summed E-state index contributed by atoms with van der Waals surface area (Å²) in [6.07, 6.45) is 6.51. The summed E-state index contributed by atoms with van der Waals surface area (Å²) < 4.78 is 2.49. The zero-order valence-corrected chi connectivity index (χ0v) is 11.2. The Balaban J connectivity index is 2.61. The third-order valence-electron chi connectivity index (χ3n) is 2.65. The largest absolute Gasteiger partial charge is 0.336 e. The predicted molar refractivity (Wildman–Crippen MR) is 72.0 cm³/mol. The van der Waals surface area contributed by atoms with Crippen molar-refractivity contribution in [1.82, 2.24) is 19.1 Å². The van der Waals surface area contributed by atoms with Crippen LogP contribution in [0.1, 0.15) is 12.0 Å². The van der Waals surface area contributed by atoms with Crippen molar-refractivity contribution in [2.75, 3.05) is 5.88 Å². The number of halogens is 1. The van der Waals surface area contributed by atoms with Gasteiger partial charge in [0.15, 0.2) is 5.82 Å². The molecule has 0 atom stereocenters. The van der Waals surface area contributed by atoms with Gasteiger partial charge in [-0.05, 0) is 13.3 Å². The number of alkyl halides is 1. The zero-order valence-electron chi connectivity index (χ0n) is 10.4. The smallest absolute Gasteiger partial charge is 0.269 e. The Kier molecular flexibility index (Phi) is 4.11. The highest BCUT2D eigenvalue weighted by atomic mass is 35.5. The molecule has 0 radical (unpaired) electrons. The summed E-state index contributed by atoms with van der Waals surface area (Å²) in [6.45, 7) is 1.95. The van der Waals surface area contributed by atoms with Crippen LogP contribution in [0.5, 0.6) is 0 Å². The summed E-state index contributed by atoms with van der Waals surface area (Å²) in [5.74, 6) is 0.778. The molecule has 0 saturated carbocycles. The minimum atomic E-state index is -0.429. The first-order chi connectivity index (χ1) is 9.15. The Bertz CT molecular complexity index is 678. The maximum absolute atomic E-state index is 12.3. The van der Waals surface area contributed by atoms with E-state index in [2.05, 4.69) is 9.97 Å². The van der Waals surface area contributed by atoms with Crippen LogP contribution in [-0.2, 0) is 6.54 Å². The van der Waals surface area contributed by atoms with Crippen molar-refractivity contribution in [3.63, 3.8) is 0 Å². The SMILES string of the molecule is Cc1cn(-c2cnccn2)c(=O)n(CCCCl)c1=O. The summed E-state index contributed by atoms with van der Waals surface area (Å²) in [7, 11) is 0. The van der Waals surface area contributed by atoms with Crippen LogP contribution in [0, 0.1) is 6.92 Å². The van der Waals surface area contributed by atoms with Crippen LogP contribution in [0.15, 0.2) is 34.4 Å². The highest BCUT2D eigenvalue weighted by molar-refractivity contribution is 6.17. The molecule has 0 amide bonds. The van der Waals surface area contributed by atoms with E-state index in [0.717, 1.165) is 0 Å². The molecule has 0 N–H and O–H groups in total. The van der Waals surface area contributed by atoms with Crippen LogP contribution >= 0.6 is 11.6 Å². The second kappa shape index (κ2) is 5.79. The zero-order chi connectivity index (χ0) is 13.8. The van der Waals surface area contributed by atoms with E-state index in [0.29, 0.717) is 30.2 Å². The molecule has 19 heavy (non-hydrogen) atoms. The summed E-state index contributed by atoms with van der Waals surface area (Å²) >= 11 is 5.61. The van der Waals surface area contributed by atoms with E-state index in [-0.39, 0.29) is 5.56 Å². The molecule has 0 aliphatic heterocycles. The van der Waals surface area contributed by atoms with E-state index in [1.54, 1.807) is 6.92 Å². The molecule has 0 bridgehead atoms. The third-order valence-corrected chi connectivity index (χ3v) is 2.92. The molecular weight excluding hydrogens is 268 g/mol. The first-order valence-corrected chi connectivity index (χ1v) is 6.34. The molecule has 7 heteroatoms. The number of hydrogen-bond donors (Lipinski definition) is 0. The van der Waals surface area contributed by atoms with Crippen LogP contribution in [0.25, 0.3) is 5.82 Å². The van der Waals surface area contributed by atoms with Crippen LogP contribution < -0.4 is 11.2 Å². The van der Waals surface area contributed by atoms with Gasteiger partial charge in [-0.15, -0.1) is 11.6 Å². The maximum atomic E-state index is 12.3. The Hall–Kier alpha value is -1.95. The van der Waals surface area contributed by atoms with E-state index in [9.17, 15) is 9.59 Å². The lowest BCUT2D eigenvalue weighted by Crippen LogP contribution is -2.40. The van der Waals surface area contributed by atoms with Gasteiger partial charge >= 0.3 is 5.69 Å². The first-order valence-electron chi connectivity index (χ1n) is 5.80. The van der Waals surface area contributed by atoms with Crippen molar-refractivity contribution >= 4 is 11.6 Å². The summed E-state index contributed by atoms with van der Waals surface area (Å²) in [5.41, 5.74) is -0.253. The molecule has 0 aromatic carbocycles. The molecule has 2 heterocycles. The predicted octanol–water partition coefficient (Wildman–Crippen LogP) is 0.727. The fraction of sp³-hybridized carbons (Fsp3) is 0.333. The van der Waals surface area contributed by atoms with E-state index in [1.165, 1.54) is 33.9 Å². The molecule has 0 saturated heterocycles. The lowest BCUT2D eigenvalue weighted by molar-refractivity contribution is 0.592. The minimum Gasteiger partial charge on any atom is -0.269 e. The van der Waals surface area contributed by atoms with Crippen molar-refractivity contribution in [1.29, 1.82) is 0 Å². The van der Waals surface area contributed by atoms with Gasteiger partial charge in [-0.3, -0.25) is 18.9 Å². The number of aryl methyl sites for hydroxylation is 1. The molecule has 6 nitrogen and oxygen atoms in total. The van der Waals surface area contributed by atoms with Crippen LogP contribution in [-0.4, -0.2) is 25.0 Å². The van der Waals surface area contributed by atoms with Gasteiger partial charge in [-0.2, -0.15) is 0 Å². The fourth-order valence-corrected chi connectivity index (χ4v) is 1.85. The second-order valence-corrected chi connectivity index (χ2v) is 4.41. The number of aromatic nitrogens is 4. The van der Waals surface area contributed by atoms with Gasteiger partial charge in [0.1, 0.15) is 0 Å². The maximum Gasteiger partial charge on any atom is 0.336 e. The topological polar surface area (TPSA) is 69.8 Å². The molecule has 2 aromatic heterocycles. The number of nitrogens with zero attached hydrogens (tertiary/aromatic N) is 4. The van der Waals surface area contributed by atoms with Crippen molar-refractivity contribution in [2.24, 2.45) is 0 Å². The highest BCUT2D eigenvalue weighted by Gasteiger charge is 2.10. The van der Waals surface area contributed by atoms with E-state index < -0.39 is 5.69 Å².